The number of rotatable bonds is 6. The Balaban J connectivity index is 1.32. The zero-order valence-electron chi connectivity index (χ0n) is 19.7. The summed E-state index contributed by atoms with van der Waals surface area (Å²) < 4.78 is 41.4. The molecule has 0 aliphatic rings. The zero-order chi connectivity index (χ0) is 26.0. The van der Waals surface area contributed by atoms with Crippen molar-refractivity contribution >= 4 is 28.9 Å². The van der Waals surface area contributed by atoms with Crippen molar-refractivity contribution in [2.45, 2.75) is 19.0 Å². The molecule has 0 aliphatic carbocycles. The average molecular weight is 502 g/mol. The molecule has 0 saturated heterocycles. The number of nitrogens with one attached hydrogen (secondary N) is 2. The molecule has 5 aromatic rings. The van der Waals surface area contributed by atoms with E-state index >= 15 is 0 Å². The van der Waals surface area contributed by atoms with E-state index in [2.05, 4.69) is 20.7 Å². The summed E-state index contributed by atoms with van der Waals surface area (Å²) >= 11 is 0. The number of benzene rings is 3. The summed E-state index contributed by atoms with van der Waals surface area (Å²) in [6, 6.07) is 25.7. The highest BCUT2D eigenvalue weighted by atomic mass is 19.4. The minimum absolute atomic E-state index is 0.0550. The first-order valence-corrected chi connectivity index (χ1v) is 11.5. The van der Waals surface area contributed by atoms with Crippen molar-refractivity contribution in [2.75, 3.05) is 10.6 Å². The van der Waals surface area contributed by atoms with Gasteiger partial charge < -0.3 is 10.6 Å². The number of nitrogens with zero attached hydrogens (tertiary/aromatic N) is 3. The summed E-state index contributed by atoms with van der Waals surface area (Å²) in [6.07, 6.45) is -2.75. The number of halogens is 3. The maximum Gasteiger partial charge on any atom is 0.418 e. The van der Waals surface area contributed by atoms with Crippen LogP contribution in [0.5, 0.6) is 0 Å². The van der Waals surface area contributed by atoms with Crippen LogP contribution in [0.15, 0.2) is 97.2 Å². The van der Waals surface area contributed by atoms with Crippen molar-refractivity contribution in [3.05, 3.63) is 108 Å². The lowest BCUT2D eigenvalue weighted by Gasteiger charge is -2.13. The van der Waals surface area contributed by atoms with Crippen molar-refractivity contribution < 1.29 is 18.0 Å². The normalized spacial score (nSPS) is 12.3. The van der Waals surface area contributed by atoms with Gasteiger partial charge in [-0.05, 0) is 54.4 Å². The molecule has 0 radical (unpaired) electrons. The second-order valence-corrected chi connectivity index (χ2v) is 8.52. The predicted molar refractivity (Wildman–Crippen MR) is 137 cm³/mol. The standard InChI is InChI=1S/C28H22F3N5O/c1-18(19-7-3-2-4-8-19)26(37)32-22-14-11-20(12-15-22)21-13-16-25-34-27(35-36(25)17-21)33-24-10-6-5-9-23(24)28(29,30)31/h2-18H,1H3,(H,32,37)(H,33,35). The van der Waals surface area contributed by atoms with Crippen molar-refractivity contribution in [1.82, 2.24) is 14.6 Å². The molecule has 9 heteroatoms. The number of hydrogen-bond acceptors (Lipinski definition) is 4. The molecule has 0 fully saturated rings. The monoisotopic (exact) mass is 501 g/mol. The van der Waals surface area contributed by atoms with Crippen molar-refractivity contribution in [3.63, 3.8) is 0 Å². The number of hydrogen-bond donors (Lipinski definition) is 2. The highest BCUT2D eigenvalue weighted by molar-refractivity contribution is 5.95. The first kappa shape index (κ1) is 24.1. The van der Waals surface area contributed by atoms with Crippen LogP contribution in [-0.4, -0.2) is 20.5 Å². The van der Waals surface area contributed by atoms with Crippen LogP contribution in [0.25, 0.3) is 16.8 Å². The molecule has 1 amide bonds. The summed E-state index contributed by atoms with van der Waals surface area (Å²) in [7, 11) is 0. The quantitative estimate of drug-likeness (QED) is 0.266. The van der Waals surface area contributed by atoms with Crippen molar-refractivity contribution in [2.24, 2.45) is 0 Å². The van der Waals surface area contributed by atoms with E-state index in [0.717, 1.165) is 22.8 Å². The van der Waals surface area contributed by atoms with E-state index in [1.807, 2.05) is 67.6 Å². The van der Waals surface area contributed by atoms with Gasteiger partial charge in [-0.3, -0.25) is 4.79 Å². The third-order valence-electron chi connectivity index (χ3n) is 5.99. The van der Waals surface area contributed by atoms with Gasteiger partial charge in [-0.15, -0.1) is 5.10 Å². The number of fused-ring (bicyclic) bond motifs is 1. The number of para-hydroxylation sites is 1. The van der Waals surface area contributed by atoms with Crippen LogP contribution in [0.4, 0.5) is 30.5 Å². The van der Waals surface area contributed by atoms with Gasteiger partial charge in [-0.2, -0.15) is 18.2 Å². The van der Waals surface area contributed by atoms with Gasteiger partial charge in [0.2, 0.25) is 11.9 Å². The summed E-state index contributed by atoms with van der Waals surface area (Å²) in [6.45, 7) is 1.86. The van der Waals surface area contributed by atoms with E-state index in [1.165, 1.54) is 22.7 Å². The number of amides is 1. The molecule has 186 valence electrons. The first-order valence-electron chi connectivity index (χ1n) is 11.5. The van der Waals surface area contributed by atoms with Gasteiger partial charge in [0.25, 0.3) is 0 Å². The topological polar surface area (TPSA) is 71.3 Å². The summed E-state index contributed by atoms with van der Waals surface area (Å²) in [5.74, 6) is -0.337. The van der Waals surface area contributed by atoms with Gasteiger partial charge in [0.1, 0.15) is 0 Å². The average Bonchev–Trinajstić information content (AvgIpc) is 3.30. The molecule has 1 atom stereocenters. The number of aromatic nitrogens is 3. The van der Waals surface area contributed by atoms with Crippen molar-refractivity contribution in [3.8, 4) is 11.1 Å². The van der Waals surface area contributed by atoms with Crippen LogP contribution in [0.2, 0.25) is 0 Å². The molecule has 0 aliphatic heterocycles. The molecule has 37 heavy (non-hydrogen) atoms. The SMILES string of the molecule is CC(C(=O)Nc1ccc(-c2ccc3nc(Nc4ccccc4C(F)(F)F)nn3c2)cc1)c1ccccc1. The number of carbonyl (C=O) groups excluding carboxylic acids is 1. The number of anilines is 3. The Morgan fingerprint density at radius 3 is 2.27 bits per heavy atom. The molecule has 2 heterocycles. The van der Waals surface area contributed by atoms with Crippen LogP contribution in [0.1, 0.15) is 24.0 Å². The van der Waals surface area contributed by atoms with E-state index in [9.17, 15) is 18.0 Å². The van der Waals surface area contributed by atoms with Crippen LogP contribution >= 0.6 is 0 Å². The maximum absolute atomic E-state index is 13.3. The fourth-order valence-electron chi connectivity index (χ4n) is 3.96. The van der Waals surface area contributed by atoms with Crippen LogP contribution < -0.4 is 10.6 Å². The number of carbonyl (C=O) groups is 1. The molecular formula is C28H22F3N5O. The van der Waals surface area contributed by atoms with Crippen LogP contribution in [0.3, 0.4) is 0 Å². The Hall–Kier alpha value is -4.66. The summed E-state index contributed by atoms with van der Waals surface area (Å²) in [4.78, 5) is 16.9. The van der Waals surface area contributed by atoms with Gasteiger partial charge in [0.05, 0.1) is 17.2 Å². The largest absolute Gasteiger partial charge is 0.418 e. The Kier molecular flexibility index (Phi) is 6.35. The molecular weight excluding hydrogens is 479 g/mol. The van der Waals surface area contributed by atoms with Gasteiger partial charge in [0.15, 0.2) is 5.65 Å². The molecule has 2 aromatic heterocycles. The summed E-state index contributed by atoms with van der Waals surface area (Å²) in [5, 5.41) is 9.90. The van der Waals surface area contributed by atoms with Crippen LogP contribution in [-0.2, 0) is 11.0 Å². The highest BCUT2D eigenvalue weighted by Gasteiger charge is 2.33. The van der Waals surface area contributed by atoms with Gasteiger partial charge in [-0.25, -0.2) is 4.52 Å². The molecule has 1 unspecified atom stereocenters. The minimum Gasteiger partial charge on any atom is -0.326 e. The Morgan fingerprint density at radius 2 is 1.54 bits per heavy atom. The van der Waals surface area contributed by atoms with Crippen molar-refractivity contribution in [1.29, 1.82) is 0 Å². The van der Waals surface area contributed by atoms with E-state index in [4.69, 9.17) is 0 Å². The molecule has 5 rings (SSSR count). The molecule has 0 bridgehead atoms. The van der Waals surface area contributed by atoms with Gasteiger partial charge in [-0.1, -0.05) is 54.6 Å². The molecule has 0 saturated carbocycles. The fraction of sp³-hybridized carbons (Fsp3) is 0.107. The van der Waals surface area contributed by atoms with E-state index in [1.54, 1.807) is 12.3 Å². The van der Waals surface area contributed by atoms with E-state index in [0.29, 0.717) is 11.3 Å². The molecule has 0 spiro atoms. The number of alkyl halides is 3. The third kappa shape index (κ3) is 5.30. The lowest BCUT2D eigenvalue weighted by atomic mass is 10.0. The van der Waals surface area contributed by atoms with Gasteiger partial charge >= 0.3 is 6.18 Å². The molecule has 2 N–H and O–H groups in total. The number of pyridine rings is 1. The molecule has 6 nitrogen and oxygen atoms in total. The van der Waals surface area contributed by atoms with Crippen LogP contribution in [0, 0.1) is 0 Å². The second kappa shape index (κ2) is 9.77. The smallest absolute Gasteiger partial charge is 0.326 e. The lowest BCUT2D eigenvalue weighted by Crippen LogP contribution is -2.18. The van der Waals surface area contributed by atoms with E-state index in [-0.39, 0.29) is 23.5 Å². The Labute approximate surface area is 210 Å². The minimum atomic E-state index is -4.50. The summed E-state index contributed by atoms with van der Waals surface area (Å²) in [5.41, 5.74) is 2.89. The fourth-order valence-corrected chi connectivity index (χ4v) is 3.96. The van der Waals surface area contributed by atoms with E-state index < -0.39 is 11.7 Å². The Morgan fingerprint density at radius 1 is 0.865 bits per heavy atom. The predicted octanol–water partition coefficient (Wildman–Crippen LogP) is 6.90. The first-order chi connectivity index (χ1) is 17.8. The Bertz CT molecular complexity index is 1550. The lowest BCUT2D eigenvalue weighted by molar-refractivity contribution is -0.137. The van der Waals surface area contributed by atoms with Gasteiger partial charge in [0, 0.05) is 17.4 Å². The second-order valence-electron chi connectivity index (χ2n) is 8.52. The zero-order valence-corrected chi connectivity index (χ0v) is 19.7. The maximum atomic E-state index is 13.3. The highest BCUT2D eigenvalue weighted by Crippen LogP contribution is 2.35. The molecule has 3 aromatic carbocycles. The third-order valence-corrected chi connectivity index (χ3v) is 5.99.